The van der Waals surface area contributed by atoms with Crippen molar-refractivity contribution < 1.29 is 14.3 Å². The molecule has 2 aromatic rings. The summed E-state index contributed by atoms with van der Waals surface area (Å²) in [7, 11) is 0. The average molecular weight is 385 g/mol. The molecule has 6 heteroatoms. The van der Waals surface area contributed by atoms with E-state index < -0.39 is 5.54 Å². The highest BCUT2D eigenvalue weighted by atomic mass is 32.1. The number of carbonyl (C=O) groups is 2. The minimum atomic E-state index is -0.492. The molecule has 1 aliphatic heterocycles. The van der Waals surface area contributed by atoms with Crippen LogP contribution in [0.15, 0.2) is 41.1 Å². The van der Waals surface area contributed by atoms with E-state index in [9.17, 15) is 9.59 Å². The summed E-state index contributed by atoms with van der Waals surface area (Å²) in [4.78, 5) is 26.3. The van der Waals surface area contributed by atoms with Crippen molar-refractivity contribution in [2.75, 3.05) is 13.1 Å². The van der Waals surface area contributed by atoms with Crippen molar-refractivity contribution in [3.8, 4) is 0 Å². The number of thiophene rings is 1. The highest BCUT2D eigenvalue weighted by molar-refractivity contribution is 7.08. The van der Waals surface area contributed by atoms with Gasteiger partial charge >= 0.3 is 0 Å². The first kappa shape index (κ1) is 18.2. The summed E-state index contributed by atoms with van der Waals surface area (Å²) in [6.45, 7) is 5.10. The Morgan fingerprint density at radius 1 is 1.26 bits per heavy atom. The topological polar surface area (TPSA) is 58.6 Å². The number of aryl methyl sites for hydroxylation is 1. The van der Waals surface area contributed by atoms with Crippen molar-refractivity contribution >= 4 is 23.2 Å². The molecule has 0 bridgehead atoms. The second-order valence-electron chi connectivity index (χ2n) is 7.71. The molecule has 1 saturated heterocycles. The van der Waals surface area contributed by atoms with Crippen LogP contribution in [0.3, 0.4) is 0 Å². The number of rotatable bonds is 6. The van der Waals surface area contributed by atoms with E-state index in [-0.39, 0.29) is 17.4 Å². The van der Waals surface area contributed by atoms with Crippen LogP contribution in [-0.4, -0.2) is 40.9 Å². The predicted octanol–water partition coefficient (Wildman–Crippen LogP) is 3.14. The Balaban J connectivity index is 1.47. The van der Waals surface area contributed by atoms with Gasteiger partial charge in [0.15, 0.2) is 0 Å². The largest absolute Gasteiger partial charge is 0.368 e. The molecule has 0 spiro atoms. The molecule has 27 heavy (non-hydrogen) atoms. The summed E-state index contributed by atoms with van der Waals surface area (Å²) >= 11 is 1.51. The van der Waals surface area contributed by atoms with Crippen LogP contribution in [0.25, 0.3) is 0 Å². The lowest BCUT2D eigenvalue weighted by Gasteiger charge is -2.54. The first-order chi connectivity index (χ1) is 12.9. The van der Waals surface area contributed by atoms with Gasteiger partial charge in [-0.1, -0.05) is 29.8 Å². The molecule has 5 nitrogen and oxygen atoms in total. The second-order valence-corrected chi connectivity index (χ2v) is 8.49. The molecule has 1 aliphatic carbocycles. The lowest BCUT2D eigenvalue weighted by atomic mass is 9.80. The van der Waals surface area contributed by atoms with E-state index in [0.717, 1.165) is 18.4 Å². The number of carbonyl (C=O) groups excluding carboxylic acids is 2. The van der Waals surface area contributed by atoms with Crippen LogP contribution in [0.5, 0.6) is 0 Å². The van der Waals surface area contributed by atoms with Crippen molar-refractivity contribution in [3.63, 3.8) is 0 Å². The lowest BCUT2D eigenvalue weighted by molar-refractivity contribution is -0.135. The van der Waals surface area contributed by atoms with Crippen LogP contribution in [0.2, 0.25) is 0 Å². The zero-order chi connectivity index (χ0) is 19.1. The van der Waals surface area contributed by atoms with E-state index in [1.54, 1.807) is 4.90 Å². The molecule has 0 unspecified atom stereocenters. The average Bonchev–Trinajstić information content (AvgIpc) is 3.19. The lowest BCUT2D eigenvalue weighted by Crippen LogP contribution is -2.77. The van der Waals surface area contributed by atoms with Gasteiger partial charge < -0.3 is 15.0 Å². The molecule has 2 aliphatic rings. The predicted molar refractivity (Wildman–Crippen MR) is 105 cm³/mol. The second kappa shape index (κ2) is 6.77. The van der Waals surface area contributed by atoms with Crippen molar-refractivity contribution in [2.24, 2.45) is 0 Å². The maximum absolute atomic E-state index is 12.6. The van der Waals surface area contributed by atoms with Crippen molar-refractivity contribution in [1.29, 1.82) is 0 Å². The maximum atomic E-state index is 12.6. The van der Waals surface area contributed by atoms with Gasteiger partial charge in [0.1, 0.15) is 5.54 Å². The standard InChI is InChI=1S/C21H24N2O3S/c1-15-4-3-5-17(10-15)11-26-21(7-8-21)20(22-16(2)24)13-23(14-20)19(25)18-6-9-27-12-18/h3-6,9-10,12H,7-8,11,13-14H2,1-2H3,(H,22,24). The van der Waals surface area contributed by atoms with Gasteiger partial charge in [-0.3, -0.25) is 9.59 Å². The summed E-state index contributed by atoms with van der Waals surface area (Å²) in [6.07, 6.45) is 1.80. The highest BCUT2D eigenvalue weighted by Crippen LogP contribution is 2.52. The minimum absolute atomic E-state index is 0.0201. The summed E-state index contributed by atoms with van der Waals surface area (Å²) in [6, 6.07) is 10.1. The summed E-state index contributed by atoms with van der Waals surface area (Å²) in [5, 5.41) is 6.89. The third kappa shape index (κ3) is 3.39. The highest BCUT2D eigenvalue weighted by Gasteiger charge is 2.66. The Labute approximate surface area is 163 Å². The molecular formula is C21H24N2O3S. The Bertz CT molecular complexity index is 852. The molecule has 2 heterocycles. The Morgan fingerprint density at radius 3 is 2.63 bits per heavy atom. The molecule has 2 amide bonds. The molecule has 1 saturated carbocycles. The fourth-order valence-corrected chi connectivity index (χ4v) is 4.66. The Hall–Kier alpha value is -2.18. The number of ether oxygens (including phenoxy) is 1. The molecule has 4 rings (SSSR count). The van der Waals surface area contributed by atoms with E-state index in [0.29, 0.717) is 25.3 Å². The number of nitrogens with one attached hydrogen (secondary N) is 1. The molecule has 2 fully saturated rings. The van der Waals surface area contributed by atoms with E-state index in [4.69, 9.17) is 4.74 Å². The minimum Gasteiger partial charge on any atom is -0.368 e. The van der Waals surface area contributed by atoms with E-state index >= 15 is 0 Å². The van der Waals surface area contributed by atoms with E-state index in [2.05, 4.69) is 30.4 Å². The van der Waals surface area contributed by atoms with Crippen molar-refractivity contribution in [2.45, 2.75) is 44.4 Å². The van der Waals surface area contributed by atoms with Gasteiger partial charge in [0.05, 0.1) is 17.8 Å². The number of hydrogen-bond donors (Lipinski definition) is 1. The van der Waals surface area contributed by atoms with Crippen LogP contribution in [0.4, 0.5) is 0 Å². The smallest absolute Gasteiger partial charge is 0.254 e. The van der Waals surface area contributed by atoms with Gasteiger partial charge in [-0.05, 0) is 36.8 Å². The van der Waals surface area contributed by atoms with Gasteiger partial charge in [-0.2, -0.15) is 11.3 Å². The Kier molecular flexibility index (Phi) is 4.56. The number of likely N-dealkylation sites (tertiary alicyclic amines) is 1. The monoisotopic (exact) mass is 384 g/mol. The van der Waals surface area contributed by atoms with Gasteiger partial charge in [0.25, 0.3) is 5.91 Å². The fourth-order valence-electron chi connectivity index (χ4n) is 4.03. The molecule has 142 valence electrons. The third-order valence-electron chi connectivity index (χ3n) is 5.57. The van der Waals surface area contributed by atoms with Crippen LogP contribution < -0.4 is 5.32 Å². The van der Waals surface area contributed by atoms with Crippen LogP contribution in [-0.2, 0) is 16.1 Å². The normalized spacial score (nSPS) is 19.3. The number of hydrogen-bond acceptors (Lipinski definition) is 4. The van der Waals surface area contributed by atoms with Crippen LogP contribution in [0.1, 0.15) is 41.3 Å². The van der Waals surface area contributed by atoms with Gasteiger partial charge in [0.2, 0.25) is 5.91 Å². The zero-order valence-corrected chi connectivity index (χ0v) is 16.5. The summed E-state index contributed by atoms with van der Waals surface area (Å²) in [5.41, 5.74) is 2.17. The number of nitrogens with zero attached hydrogens (tertiary/aromatic N) is 1. The fraction of sp³-hybridized carbons (Fsp3) is 0.429. The zero-order valence-electron chi connectivity index (χ0n) is 15.7. The molecule has 0 atom stereocenters. The molecule has 1 aromatic carbocycles. The Morgan fingerprint density at radius 2 is 2.04 bits per heavy atom. The van der Waals surface area contributed by atoms with Gasteiger partial charge in [0, 0.05) is 25.4 Å². The van der Waals surface area contributed by atoms with E-state index in [1.807, 2.05) is 22.9 Å². The summed E-state index contributed by atoms with van der Waals surface area (Å²) in [5.74, 6) is -0.0604. The van der Waals surface area contributed by atoms with Crippen LogP contribution in [0, 0.1) is 6.92 Å². The first-order valence-corrected chi connectivity index (χ1v) is 10.2. The van der Waals surface area contributed by atoms with E-state index in [1.165, 1.54) is 23.8 Å². The van der Waals surface area contributed by atoms with Crippen molar-refractivity contribution in [1.82, 2.24) is 10.2 Å². The molecule has 1 aromatic heterocycles. The summed E-state index contributed by atoms with van der Waals surface area (Å²) < 4.78 is 6.36. The third-order valence-corrected chi connectivity index (χ3v) is 6.25. The van der Waals surface area contributed by atoms with Crippen LogP contribution >= 0.6 is 11.3 Å². The SMILES string of the molecule is CC(=O)NC1(C2(OCc3cccc(C)c3)CC2)CN(C(=O)c2ccsc2)C1. The van der Waals surface area contributed by atoms with Gasteiger partial charge in [-0.25, -0.2) is 0 Å². The van der Waals surface area contributed by atoms with Crippen molar-refractivity contribution in [3.05, 3.63) is 57.8 Å². The molecule has 0 radical (unpaired) electrons. The quantitative estimate of drug-likeness (QED) is 0.832. The molecular weight excluding hydrogens is 360 g/mol. The molecule has 1 N–H and O–H groups in total. The number of benzene rings is 1. The number of amides is 2. The maximum Gasteiger partial charge on any atom is 0.254 e. The first-order valence-electron chi connectivity index (χ1n) is 9.23. The van der Waals surface area contributed by atoms with Gasteiger partial charge in [-0.15, -0.1) is 0 Å².